The van der Waals surface area contributed by atoms with Crippen molar-refractivity contribution < 1.29 is 19.1 Å². The second-order valence-electron chi connectivity index (χ2n) is 10.3. The Morgan fingerprint density at radius 1 is 0.658 bits per heavy atom. The van der Waals surface area contributed by atoms with Gasteiger partial charge >= 0.3 is 0 Å². The minimum Gasteiger partial charge on any atom is -0.492 e. The van der Waals surface area contributed by atoms with E-state index in [0.29, 0.717) is 30.9 Å². The van der Waals surface area contributed by atoms with Crippen molar-refractivity contribution in [3.8, 4) is 5.75 Å². The Morgan fingerprint density at radius 3 is 1.55 bits per heavy atom. The van der Waals surface area contributed by atoms with Crippen LogP contribution in [0.25, 0.3) is 11.1 Å². The fraction of sp³-hybridized carbons (Fsp3) is 0.303. The molecule has 1 aliphatic heterocycles. The molecular formula is C33H31NO4. The van der Waals surface area contributed by atoms with Crippen molar-refractivity contribution in [1.82, 2.24) is 0 Å². The van der Waals surface area contributed by atoms with Gasteiger partial charge in [0, 0.05) is 0 Å². The topological polar surface area (TPSA) is 63.7 Å². The molecule has 3 aliphatic rings. The Hall–Kier alpha value is -3.99. The number of allylic oxidation sites excluding steroid dienone is 2. The van der Waals surface area contributed by atoms with Crippen molar-refractivity contribution in [2.75, 3.05) is 11.5 Å². The van der Waals surface area contributed by atoms with E-state index in [1.54, 1.807) is 18.2 Å². The lowest BCUT2D eigenvalue weighted by molar-refractivity contribution is -0.134. The Bertz CT molecular complexity index is 1390. The van der Waals surface area contributed by atoms with E-state index in [9.17, 15) is 14.4 Å². The lowest BCUT2D eigenvalue weighted by Crippen LogP contribution is -2.42. The number of carbonyl (C=O) groups excluding carboxylic acids is 3. The van der Waals surface area contributed by atoms with Crippen LogP contribution in [0, 0.1) is 22.7 Å². The highest BCUT2D eigenvalue weighted by molar-refractivity contribution is 6.35. The largest absolute Gasteiger partial charge is 0.492 e. The summed E-state index contributed by atoms with van der Waals surface area (Å²) in [6.07, 6.45) is 0.880. The number of amides is 2. The summed E-state index contributed by atoms with van der Waals surface area (Å²) in [5, 5.41) is 0. The second kappa shape index (κ2) is 8.80. The maximum absolute atomic E-state index is 14.8. The summed E-state index contributed by atoms with van der Waals surface area (Å²) in [6, 6.07) is 27.0. The number of ether oxygens (including phenoxy) is 1. The normalized spacial score (nSPS) is 27.9. The molecule has 0 aromatic heterocycles. The van der Waals surface area contributed by atoms with E-state index in [2.05, 4.69) is 0 Å². The van der Waals surface area contributed by atoms with Crippen LogP contribution in [0.2, 0.25) is 0 Å². The summed E-state index contributed by atoms with van der Waals surface area (Å²) in [5.41, 5.74) is 1.95. The molecule has 5 heteroatoms. The maximum atomic E-state index is 14.8. The number of fused-ring (bicyclic) bond motifs is 5. The highest BCUT2D eigenvalue weighted by Gasteiger charge is 2.80. The number of imide groups is 1. The van der Waals surface area contributed by atoms with Gasteiger partial charge in [-0.05, 0) is 54.2 Å². The van der Waals surface area contributed by atoms with E-state index in [1.807, 2.05) is 87.5 Å². The van der Waals surface area contributed by atoms with Crippen LogP contribution in [0.15, 0.2) is 84.9 Å². The van der Waals surface area contributed by atoms with Crippen molar-refractivity contribution in [2.24, 2.45) is 22.7 Å². The first-order valence-corrected chi connectivity index (χ1v) is 13.5. The maximum Gasteiger partial charge on any atom is 0.239 e. The Labute approximate surface area is 223 Å². The van der Waals surface area contributed by atoms with Crippen LogP contribution in [0.1, 0.15) is 44.7 Å². The summed E-state index contributed by atoms with van der Waals surface area (Å²) in [5.74, 6) is -1.63. The van der Waals surface area contributed by atoms with Crippen LogP contribution in [0.3, 0.4) is 0 Å². The molecule has 2 bridgehead atoms. The van der Waals surface area contributed by atoms with Gasteiger partial charge in [0.25, 0.3) is 0 Å². The summed E-state index contributed by atoms with van der Waals surface area (Å²) < 4.78 is 5.82. The first-order chi connectivity index (χ1) is 18.5. The van der Waals surface area contributed by atoms with Crippen LogP contribution in [0.4, 0.5) is 5.69 Å². The molecule has 192 valence electrons. The first kappa shape index (κ1) is 24.4. The van der Waals surface area contributed by atoms with Crippen LogP contribution in [-0.2, 0) is 14.4 Å². The molecule has 0 spiro atoms. The van der Waals surface area contributed by atoms with Crippen LogP contribution in [0.5, 0.6) is 5.75 Å². The molecule has 2 aliphatic carbocycles. The number of ketones is 1. The van der Waals surface area contributed by atoms with Gasteiger partial charge in [-0.25, -0.2) is 4.90 Å². The minimum absolute atomic E-state index is 0.0159. The third-order valence-corrected chi connectivity index (χ3v) is 8.97. The number of hydrogen-bond donors (Lipinski definition) is 0. The number of carbonyl (C=O) groups is 3. The smallest absolute Gasteiger partial charge is 0.239 e. The van der Waals surface area contributed by atoms with Crippen molar-refractivity contribution in [2.45, 2.75) is 33.6 Å². The Kier molecular flexibility index (Phi) is 5.64. The summed E-state index contributed by atoms with van der Waals surface area (Å²) >= 11 is 0. The second-order valence-corrected chi connectivity index (χ2v) is 10.3. The average molecular weight is 506 g/mol. The van der Waals surface area contributed by atoms with Gasteiger partial charge in [0.2, 0.25) is 11.8 Å². The standard InChI is InChI=1S/C33H31NO4/c1-4-32-25(21-15-9-7-10-16-21)26(22-17-11-8-12-18-22)33(5-2,31(32)37)28-27(32)29(35)34(30(28)36)23-19-13-14-20-24(23)38-6-3/h7-20,27-28H,4-6H2,1-3H3/t27-,28-,32-,33-/m0/s1. The fourth-order valence-electron chi connectivity index (χ4n) is 7.61. The van der Waals surface area contributed by atoms with Crippen LogP contribution < -0.4 is 9.64 Å². The van der Waals surface area contributed by atoms with Gasteiger partial charge in [0.05, 0.1) is 35.0 Å². The lowest BCUT2D eigenvalue weighted by Gasteiger charge is -2.38. The quantitative estimate of drug-likeness (QED) is 0.359. The molecule has 38 heavy (non-hydrogen) atoms. The van der Waals surface area contributed by atoms with E-state index in [1.165, 1.54) is 4.90 Å². The highest BCUT2D eigenvalue weighted by atomic mass is 16.5. The van der Waals surface area contributed by atoms with Crippen molar-refractivity contribution in [3.05, 3.63) is 96.1 Å². The van der Waals surface area contributed by atoms with Crippen LogP contribution in [-0.4, -0.2) is 24.2 Å². The van der Waals surface area contributed by atoms with E-state index in [4.69, 9.17) is 4.74 Å². The number of benzene rings is 3. The van der Waals surface area contributed by atoms with E-state index >= 15 is 0 Å². The first-order valence-electron chi connectivity index (χ1n) is 13.5. The molecule has 6 rings (SSSR count). The van der Waals surface area contributed by atoms with E-state index in [0.717, 1.165) is 22.3 Å². The van der Waals surface area contributed by atoms with Crippen molar-refractivity contribution >= 4 is 34.4 Å². The molecule has 0 radical (unpaired) electrons. The van der Waals surface area contributed by atoms with Crippen molar-refractivity contribution in [1.29, 1.82) is 0 Å². The molecule has 2 amide bonds. The zero-order chi connectivity index (χ0) is 26.7. The van der Waals surface area contributed by atoms with Gasteiger partial charge in [-0.2, -0.15) is 0 Å². The third-order valence-electron chi connectivity index (χ3n) is 8.97. The zero-order valence-corrected chi connectivity index (χ0v) is 21.9. The summed E-state index contributed by atoms with van der Waals surface area (Å²) in [4.78, 5) is 44.9. The van der Waals surface area contributed by atoms with Gasteiger partial charge in [-0.15, -0.1) is 0 Å². The number of nitrogens with zero attached hydrogens (tertiary/aromatic N) is 1. The molecule has 2 fully saturated rings. The molecule has 3 aromatic carbocycles. The van der Waals surface area contributed by atoms with Gasteiger partial charge in [0.1, 0.15) is 5.75 Å². The predicted octanol–water partition coefficient (Wildman–Crippen LogP) is 6.19. The van der Waals surface area contributed by atoms with Crippen LogP contribution >= 0.6 is 0 Å². The Morgan fingerprint density at radius 2 is 1.11 bits per heavy atom. The number of para-hydroxylation sites is 2. The zero-order valence-electron chi connectivity index (χ0n) is 21.9. The molecule has 3 aromatic rings. The number of hydrogen-bond acceptors (Lipinski definition) is 4. The Balaban J connectivity index is 1.65. The number of anilines is 1. The molecule has 0 N–H and O–H groups in total. The summed E-state index contributed by atoms with van der Waals surface area (Å²) in [7, 11) is 0. The molecule has 0 unspecified atom stereocenters. The predicted molar refractivity (Wildman–Crippen MR) is 147 cm³/mol. The number of Topliss-reactive ketones (excluding diaryl/α,β-unsaturated/α-hetero) is 1. The SMILES string of the molecule is CCOc1ccccc1N1C(=O)[C@@H]2[C@@H](C1=O)[C@@]1(CC)C(=O)[C@@]2(CC)C(c2ccccc2)=C1c1ccccc1. The molecular weight excluding hydrogens is 474 g/mol. The van der Waals surface area contributed by atoms with E-state index in [-0.39, 0.29) is 17.6 Å². The third kappa shape index (κ3) is 2.85. The average Bonchev–Trinajstić information content (AvgIpc) is 3.45. The van der Waals surface area contributed by atoms with E-state index < -0.39 is 22.7 Å². The van der Waals surface area contributed by atoms with Gasteiger partial charge in [-0.1, -0.05) is 86.6 Å². The molecule has 5 nitrogen and oxygen atoms in total. The monoisotopic (exact) mass is 505 g/mol. The minimum atomic E-state index is -1.09. The highest BCUT2D eigenvalue weighted by Crippen LogP contribution is 2.75. The van der Waals surface area contributed by atoms with Gasteiger partial charge < -0.3 is 4.74 Å². The number of rotatable bonds is 7. The molecule has 4 atom stereocenters. The molecule has 1 heterocycles. The summed E-state index contributed by atoms with van der Waals surface area (Å²) in [6.45, 7) is 6.24. The fourth-order valence-corrected chi connectivity index (χ4v) is 7.61. The van der Waals surface area contributed by atoms with Gasteiger partial charge in [-0.3, -0.25) is 14.4 Å². The van der Waals surface area contributed by atoms with Crippen molar-refractivity contribution in [3.63, 3.8) is 0 Å². The molecule has 1 saturated carbocycles. The van der Waals surface area contributed by atoms with Gasteiger partial charge in [0.15, 0.2) is 5.78 Å². The molecule has 1 saturated heterocycles. The lowest BCUT2D eigenvalue weighted by atomic mass is 9.60.